The van der Waals surface area contributed by atoms with Gasteiger partial charge < -0.3 is 14.8 Å². The summed E-state index contributed by atoms with van der Waals surface area (Å²) in [5.41, 5.74) is 0.235. The zero-order valence-corrected chi connectivity index (χ0v) is 19.9. The zero-order chi connectivity index (χ0) is 24.3. The molecule has 0 atom stereocenters. The van der Waals surface area contributed by atoms with Crippen molar-refractivity contribution in [1.82, 2.24) is 19.9 Å². The third kappa shape index (κ3) is 4.73. The molecule has 1 aromatic carbocycles. The van der Waals surface area contributed by atoms with Gasteiger partial charge >= 0.3 is 0 Å². The Balaban J connectivity index is 1.59. The Morgan fingerprint density at radius 3 is 2.63 bits per heavy atom. The van der Waals surface area contributed by atoms with Gasteiger partial charge in [-0.2, -0.15) is 4.98 Å². The summed E-state index contributed by atoms with van der Waals surface area (Å²) in [5, 5.41) is 4.97. The summed E-state index contributed by atoms with van der Waals surface area (Å²) in [6.07, 6.45) is 7.82. The first-order chi connectivity index (χ1) is 17.1. The molecule has 0 radical (unpaired) electrons. The van der Waals surface area contributed by atoms with E-state index in [1.165, 1.54) is 25.7 Å². The highest BCUT2D eigenvalue weighted by Gasteiger charge is 2.31. The lowest BCUT2D eigenvalue weighted by Gasteiger charge is -2.26. The van der Waals surface area contributed by atoms with Gasteiger partial charge in [0.05, 0.1) is 12.0 Å². The van der Waals surface area contributed by atoms with Crippen molar-refractivity contribution < 1.29 is 17.9 Å². The highest BCUT2D eigenvalue weighted by Crippen LogP contribution is 2.37. The molecule has 0 spiro atoms. The molecule has 180 valence electrons. The number of aromatic nitrogens is 4. The average Bonchev–Trinajstić information content (AvgIpc) is 2.90. The van der Waals surface area contributed by atoms with Crippen LogP contribution in [-0.2, 0) is 14.8 Å². The summed E-state index contributed by atoms with van der Waals surface area (Å²) in [6.45, 7) is 1.38. The number of benzene rings is 1. The fourth-order valence-corrected chi connectivity index (χ4v) is 5.46. The topological polar surface area (TPSA) is 119 Å². The van der Waals surface area contributed by atoms with E-state index in [2.05, 4.69) is 25.3 Å². The maximum Gasteiger partial charge on any atom is 0.270 e. The van der Waals surface area contributed by atoms with Crippen molar-refractivity contribution in [2.45, 2.75) is 23.8 Å². The second-order valence-corrected chi connectivity index (χ2v) is 9.76. The quantitative estimate of drug-likeness (QED) is 0.413. The van der Waals surface area contributed by atoms with Gasteiger partial charge in [-0.3, -0.25) is 4.98 Å². The van der Waals surface area contributed by atoms with E-state index in [1.807, 2.05) is 0 Å². The van der Waals surface area contributed by atoms with Gasteiger partial charge in [0.2, 0.25) is 5.88 Å². The van der Waals surface area contributed by atoms with Crippen LogP contribution in [0.15, 0.2) is 72.3 Å². The number of hydrogen-bond acceptors (Lipinski definition) is 9. The molecule has 1 aliphatic heterocycles. The minimum Gasteiger partial charge on any atom is -0.479 e. The maximum atomic E-state index is 14.0. The number of anilines is 3. The first kappa shape index (κ1) is 22.9. The Morgan fingerprint density at radius 2 is 1.86 bits per heavy atom. The van der Waals surface area contributed by atoms with E-state index in [0.717, 1.165) is 27.9 Å². The van der Waals surface area contributed by atoms with Crippen molar-refractivity contribution in [3.8, 4) is 5.88 Å². The van der Waals surface area contributed by atoms with Gasteiger partial charge in [0, 0.05) is 49.3 Å². The number of ether oxygens (including phenoxy) is 2. The molecule has 4 heterocycles. The summed E-state index contributed by atoms with van der Waals surface area (Å²) in [4.78, 5) is 16.9. The molecule has 3 aromatic heterocycles. The van der Waals surface area contributed by atoms with Gasteiger partial charge in [0.25, 0.3) is 10.0 Å². The van der Waals surface area contributed by atoms with E-state index in [4.69, 9.17) is 9.47 Å². The Hall–Kier alpha value is -3.83. The first-order valence-corrected chi connectivity index (χ1v) is 12.5. The Bertz CT molecular complexity index is 1430. The molecule has 0 saturated carbocycles. The first-order valence-electron chi connectivity index (χ1n) is 11.1. The van der Waals surface area contributed by atoms with E-state index in [0.29, 0.717) is 19.0 Å². The number of fused-ring (bicyclic) bond motifs is 1. The van der Waals surface area contributed by atoms with Gasteiger partial charge in [-0.15, -0.1) is 0 Å². The molecule has 10 nitrogen and oxygen atoms in total. The molecule has 1 N–H and O–H groups in total. The van der Waals surface area contributed by atoms with Gasteiger partial charge in [-0.05, 0) is 48.6 Å². The van der Waals surface area contributed by atoms with E-state index in [1.54, 1.807) is 48.8 Å². The smallest absolute Gasteiger partial charge is 0.270 e. The normalized spacial score (nSPS) is 14.5. The number of nitrogens with one attached hydrogen (secondary N) is 1. The van der Waals surface area contributed by atoms with E-state index in [-0.39, 0.29) is 28.3 Å². The third-order valence-corrected chi connectivity index (χ3v) is 7.46. The Labute approximate surface area is 203 Å². The fourth-order valence-electron chi connectivity index (χ4n) is 3.98. The molecule has 0 aliphatic carbocycles. The molecule has 11 heteroatoms. The lowest BCUT2D eigenvalue weighted by molar-refractivity contribution is 0.0904. The number of methoxy groups -OCH3 is 1. The molecule has 4 aromatic rings. The van der Waals surface area contributed by atoms with Gasteiger partial charge in [-0.25, -0.2) is 22.7 Å². The van der Waals surface area contributed by atoms with Crippen LogP contribution in [0.5, 0.6) is 5.88 Å². The molecular weight excluding hydrogens is 468 g/mol. The third-order valence-electron chi connectivity index (χ3n) is 5.75. The SMILES string of the molecule is COc1nc(NC2CCOCC2)ccc1N(c1ccncn1)S(=O)(=O)c1ccc2cnccc2c1. The van der Waals surface area contributed by atoms with Crippen LogP contribution in [0.2, 0.25) is 0 Å². The van der Waals surface area contributed by atoms with Crippen molar-refractivity contribution in [2.75, 3.05) is 29.9 Å². The number of pyridine rings is 2. The summed E-state index contributed by atoms with van der Waals surface area (Å²) < 4.78 is 40.1. The van der Waals surface area contributed by atoms with Crippen LogP contribution in [0.25, 0.3) is 10.8 Å². The molecule has 1 saturated heterocycles. The predicted molar refractivity (Wildman–Crippen MR) is 131 cm³/mol. The minimum atomic E-state index is -4.11. The predicted octanol–water partition coefficient (Wildman–Crippen LogP) is 3.55. The van der Waals surface area contributed by atoms with Crippen molar-refractivity contribution in [1.29, 1.82) is 0 Å². The van der Waals surface area contributed by atoms with Crippen LogP contribution in [0.3, 0.4) is 0 Å². The van der Waals surface area contributed by atoms with E-state index < -0.39 is 10.0 Å². The largest absolute Gasteiger partial charge is 0.479 e. The van der Waals surface area contributed by atoms with Crippen LogP contribution in [0.1, 0.15) is 12.8 Å². The Morgan fingerprint density at radius 1 is 1.03 bits per heavy atom. The van der Waals surface area contributed by atoms with E-state index in [9.17, 15) is 8.42 Å². The molecule has 1 fully saturated rings. The second kappa shape index (κ2) is 9.80. The van der Waals surface area contributed by atoms with Crippen LogP contribution in [-0.4, -0.2) is 54.7 Å². The standard InChI is InChI=1S/C24H24N6O4S/c1-33-24-21(4-5-22(29-24)28-19-8-12-34-13-9-19)30(23-7-11-26-16-27-23)35(31,32)20-3-2-18-15-25-10-6-17(18)14-20/h2-7,10-11,14-16,19H,8-9,12-13H2,1H3,(H,28,29). The fraction of sp³-hybridized carbons (Fsp3) is 0.250. The molecule has 0 amide bonds. The number of rotatable bonds is 7. The van der Waals surface area contributed by atoms with Gasteiger partial charge in [-0.1, -0.05) is 6.07 Å². The molecule has 35 heavy (non-hydrogen) atoms. The van der Waals surface area contributed by atoms with Gasteiger partial charge in [0.15, 0.2) is 5.82 Å². The van der Waals surface area contributed by atoms with Crippen molar-refractivity contribution in [3.05, 3.63) is 67.4 Å². The average molecular weight is 493 g/mol. The Kier molecular flexibility index (Phi) is 6.43. The second-order valence-electron chi connectivity index (χ2n) is 7.98. The maximum absolute atomic E-state index is 14.0. The van der Waals surface area contributed by atoms with Crippen molar-refractivity contribution in [3.63, 3.8) is 0 Å². The summed E-state index contributed by atoms with van der Waals surface area (Å²) in [6, 6.07) is 11.8. The van der Waals surface area contributed by atoms with Crippen LogP contribution < -0.4 is 14.4 Å². The lowest BCUT2D eigenvalue weighted by Crippen LogP contribution is -2.29. The monoisotopic (exact) mass is 492 g/mol. The molecule has 0 unspecified atom stereocenters. The number of nitrogens with zero attached hydrogens (tertiary/aromatic N) is 5. The zero-order valence-electron chi connectivity index (χ0n) is 19.0. The number of sulfonamides is 1. The van der Waals surface area contributed by atoms with Crippen LogP contribution >= 0.6 is 0 Å². The van der Waals surface area contributed by atoms with E-state index >= 15 is 0 Å². The van der Waals surface area contributed by atoms with Crippen LogP contribution in [0.4, 0.5) is 17.3 Å². The summed E-state index contributed by atoms with van der Waals surface area (Å²) >= 11 is 0. The molecular formula is C24H24N6O4S. The summed E-state index contributed by atoms with van der Waals surface area (Å²) in [7, 11) is -2.65. The molecule has 5 rings (SSSR count). The highest BCUT2D eigenvalue weighted by atomic mass is 32.2. The highest BCUT2D eigenvalue weighted by molar-refractivity contribution is 7.93. The van der Waals surface area contributed by atoms with Gasteiger partial charge in [0.1, 0.15) is 17.8 Å². The van der Waals surface area contributed by atoms with Crippen molar-refractivity contribution >= 4 is 38.1 Å². The molecule has 1 aliphatic rings. The van der Waals surface area contributed by atoms with Crippen molar-refractivity contribution in [2.24, 2.45) is 0 Å². The minimum absolute atomic E-state index is 0.0984. The lowest BCUT2D eigenvalue weighted by atomic mass is 10.1. The summed E-state index contributed by atoms with van der Waals surface area (Å²) in [5.74, 6) is 0.907. The molecule has 0 bridgehead atoms. The number of hydrogen-bond donors (Lipinski definition) is 1. The van der Waals surface area contributed by atoms with Crippen LogP contribution in [0, 0.1) is 0 Å².